The SMILES string of the molecule is O=C(c1n[nH]c2c1CNCC2)N1CCc2cc(Cl)cc(Cl)c2C1. The average molecular weight is 351 g/mol. The van der Waals surface area contributed by atoms with Gasteiger partial charge in [0.1, 0.15) is 0 Å². The van der Waals surface area contributed by atoms with Crippen molar-refractivity contribution >= 4 is 29.1 Å². The molecule has 2 aromatic rings. The van der Waals surface area contributed by atoms with E-state index in [2.05, 4.69) is 15.5 Å². The third kappa shape index (κ3) is 2.63. The van der Waals surface area contributed by atoms with E-state index in [1.807, 2.05) is 11.0 Å². The summed E-state index contributed by atoms with van der Waals surface area (Å²) in [5.74, 6) is -0.0390. The molecule has 1 aromatic heterocycles. The van der Waals surface area contributed by atoms with Crippen molar-refractivity contribution in [1.29, 1.82) is 0 Å². The third-order valence-corrected chi connectivity index (χ3v) is 5.10. The first kappa shape index (κ1) is 15.0. The number of benzene rings is 1. The van der Waals surface area contributed by atoms with Crippen LogP contribution >= 0.6 is 23.2 Å². The lowest BCUT2D eigenvalue weighted by Gasteiger charge is -2.29. The number of fused-ring (bicyclic) bond motifs is 2. The number of nitrogens with one attached hydrogen (secondary N) is 2. The Bertz CT molecular complexity index is 787. The Morgan fingerprint density at radius 3 is 2.96 bits per heavy atom. The van der Waals surface area contributed by atoms with Gasteiger partial charge in [0.25, 0.3) is 5.91 Å². The number of amides is 1. The molecule has 7 heteroatoms. The van der Waals surface area contributed by atoms with E-state index in [9.17, 15) is 4.79 Å². The van der Waals surface area contributed by atoms with Crippen molar-refractivity contribution in [3.05, 3.63) is 50.3 Å². The van der Waals surface area contributed by atoms with E-state index in [1.54, 1.807) is 6.07 Å². The Morgan fingerprint density at radius 2 is 2.09 bits per heavy atom. The van der Waals surface area contributed by atoms with Crippen LogP contribution in [0.2, 0.25) is 10.0 Å². The first-order valence-electron chi connectivity index (χ1n) is 7.66. The van der Waals surface area contributed by atoms with Crippen LogP contribution in [0.25, 0.3) is 0 Å². The highest BCUT2D eigenvalue weighted by Crippen LogP contribution is 2.30. The van der Waals surface area contributed by atoms with Gasteiger partial charge in [0.15, 0.2) is 5.69 Å². The second kappa shape index (κ2) is 5.82. The Labute approximate surface area is 144 Å². The largest absolute Gasteiger partial charge is 0.333 e. The van der Waals surface area contributed by atoms with Gasteiger partial charge in [-0.2, -0.15) is 5.10 Å². The highest BCUT2D eigenvalue weighted by Gasteiger charge is 2.28. The maximum Gasteiger partial charge on any atom is 0.275 e. The fourth-order valence-corrected chi connectivity index (χ4v) is 3.90. The molecule has 0 bridgehead atoms. The minimum absolute atomic E-state index is 0.0390. The highest BCUT2D eigenvalue weighted by molar-refractivity contribution is 6.35. The predicted octanol–water partition coefficient (Wildman–Crippen LogP) is 2.56. The van der Waals surface area contributed by atoms with Crippen LogP contribution in [0.3, 0.4) is 0 Å². The van der Waals surface area contributed by atoms with E-state index >= 15 is 0 Å². The van der Waals surface area contributed by atoms with E-state index in [0.717, 1.165) is 41.8 Å². The van der Waals surface area contributed by atoms with Crippen molar-refractivity contribution in [2.75, 3.05) is 13.1 Å². The number of H-pyrrole nitrogens is 1. The number of aromatic nitrogens is 2. The molecule has 120 valence electrons. The summed E-state index contributed by atoms with van der Waals surface area (Å²) in [6.07, 6.45) is 1.63. The molecule has 2 aliphatic rings. The molecule has 0 aliphatic carbocycles. The van der Waals surface area contributed by atoms with Crippen molar-refractivity contribution in [1.82, 2.24) is 20.4 Å². The van der Waals surface area contributed by atoms with E-state index in [0.29, 0.717) is 35.4 Å². The zero-order chi connectivity index (χ0) is 16.0. The van der Waals surface area contributed by atoms with Gasteiger partial charge < -0.3 is 10.2 Å². The maximum absolute atomic E-state index is 12.9. The fraction of sp³-hybridized carbons (Fsp3) is 0.375. The summed E-state index contributed by atoms with van der Waals surface area (Å²) in [4.78, 5) is 14.7. The standard InChI is InChI=1S/C16H16Cl2N4O/c17-10-5-9-2-4-22(8-12(9)13(18)6-10)16(23)15-11-7-19-3-1-14(11)20-21-15/h5-6,19H,1-4,7-8H2,(H,20,21). The average Bonchev–Trinajstić information content (AvgIpc) is 2.98. The molecule has 0 unspecified atom stereocenters. The third-order valence-electron chi connectivity index (χ3n) is 4.55. The molecule has 0 saturated heterocycles. The van der Waals surface area contributed by atoms with Crippen LogP contribution in [0.5, 0.6) is 0 Å². The van der Waals surface area contributed by atoms with Crippen LogP contribution in [0, 0.1) is 0 Å². The summed E-state index contributed by atoms with van der Waals surface area (Å²) in [5, 5.41) is 11.8. The summed E-state index contributed by atoms with van der Waals surface area (Å²) in [7, 11) is 0. The van der Waals surface area contributed by atoms with Gasteiger partial charge >= 0.3 is 0 Å². The Morgan fingerprint density at radius 1 is 1.22 bits per heavy atom. The minimum Gasteiger partial charge on any atom is -0.333 e. The van der Waals surface area contributed by atoms with Gasteiger partial charge in [0, 0.05) is 53.9 Å². The summed E-state index contributed by atoms with van der Waals surface area (Å²) in [5.41, 5.74) is 4.69. The first-order chi connectivity index (χ1) is 11.1. The molecule has 2 N–H and O–H groups in total. The molecule has 0 atom stereocenters. The Hall–Kier alpha value is -1.56. The van der Waals surface area contributed by atoms with Crippen molar-refractivity contribution in [3.63, 3.8) is 0 Å². The van der Waals surface area contributed by atoms with Crippen LogP contribution < -0.4 is 5.32 Å². The summed E-state index contributed by atoms with van der Waals surface area (Å²) >= 11 is 12.4. The molecule has 1 amide bonds. The number of nitrogens with zero attached hydrogens (tertiary/aromatic N) is 2. The number of hydrogen-bond acceptors (Lipinski definition) is 3. The van der Waals surface area contributed by atoms with Gasteiger partial charge in [-0.25, -0.2) is 0 Å². The molecule has 23 heavy (non-hydrogen) atoms. The van der Waals surface area contributed by atoms with Crippen LogP contribution in [-0.2, 0) is 25.9 Å². The fourth-order valence-electron chi connectivity index (χ4n) is 3.31. The van der Waals surface area contributed by atoms with Crippen LogP contribution in [-0.4, -0.2) is 34.1 Å². The van der Waals surface area contributed by atoms with Crippen molar-refractivity contribution < 1.29 is 4.79 Å². The topological polar surface area (TPSA) is 61.0 Å². The summed E-state index contributed by atoms with van der Waals surface area (Å²) in [6.45, 7) is 2.75. The zero-order valence-electron chi connectivity index (χ0n) is 12.5. The van der Waals surface area contributed by atoms with Gasteiger partial charge in [-0.05, 0) is 29.7 Å². The summed E-state index contributed by atoms with van der Waals surface area (Å²) in [6, 6.07) is 3.67. The lowest BCUT2D eigenvalue weighted by Crippen LogP contribution is -2.37. The molecule has 1 aromatic carbocycles. The van der Waals surface area contributed by atoms with Gasteiger partial charge in [0.05, 0.1) is 0 Å². The van der Waals surface area contributed by atoms with Gasteiger partial charge in [-0.1, -0.05) is 23.2 Å². The zero-order valence-corrected chi connectivity index (χ0v) is 14.0. The molecule has 0 saturated carbocycles. The number of hydrogen-bond donors (Lipinski definition) is 2. The quantitative estimate of drug-likeness (QED) is 0.830. The monoisotopic (exact) mass is 350 g/mol. The lowest BCUT2D eigenvalue weighted by molar-refractivity contribution is 0.0727. The normalized spacial score (nSPS) is 16.9. The number of halogens is 2. The Balaban J connectivity index is 1.62. The molecule has 4 rings (SSSR count). The van der Waals surface area contributed by atoms with Crippen molar-refractivity contribution in [2.24, 2.45) is 0 Å². The Kier molecular flexibility index (Phi) is 3.79. The molecular weight excluding hydrogens is 335 g/mol. The lowest BCUT2D eigenvalue weighted by atomic mass is 9.99. The first-order valence-corrected chi connectivity index (χ1v) is 8.42. The van der Waals surface area contributed by atoms with E-state index in [-0.39, 0.29) is 5.91 Å². The maximum atomic E-state index is 12.9. The van der Waals surface area contributed by atoms with Crippen LogP contribution in [0.15, 0.2) is 12.1 Å². The highest BCUT2D eigenvalue weighted by atomic mass is 35.5. The molecule has 5 nitrogen and oxygen atoms in total. The molecular formula is C16H16Cl2N4O. The molecule has 0 radical (unpaired) electrons. The van der Waals surface area contributed by atoms with Crippen molar-refractivity contribution in [2.45, 2.75) is 25.9 Å². The summed E-state index contributed by atoms with van der Waals surface area (Å²) < 4.78 is 0. The van der Waals surface area contributed by atoms with Gasteiger partial charge in [-0.3, -0.25) is 9.89 Å². The van der Waals surface area contributed by atoms with Crippen LogP contribution in [0.4, 0.5) is 0 Å². The molecule has 0 spiro atoms. The van der Waals surface area contributed by atoms with E-state index < -0.39 is 0 Å². The number of carbonyl (C=O) groups excluding carboxylic acids is 1. The predicted molar refractivity (Wildman–Crippen MR) is 88.9 cm³/mol. The van der Waals surface area contributed by atoms with E-state index in [4.69, 9.17) is 23.2 Å². The number of aromatic amines is 1. The number of carbonyl (C=O) groups is 1. The minimum atomic E-state index is -0.0390. The molecule has 2 aliphatic heterocycles. The van der Waals surface area contributed by atoms with Gasteiger partial charge in [0.2, 0.25) is 0 Å². The van der Waals surface area contributed by atoms with Crippen molar-refractivity contribution in [3.8, 4) is 0 Å². The van der Waals surface area contributed by atoms with Gasteiger partial charge in [-0.15, -0.1) is 0 Å². The molecule has 3 heterocycles. The van der Waals surface area contributed by atoms with Crippen LogP contribution in [0.1, 0.15) is 32.9 Å². The number of rotatable bonds is 1. The smallest absolute Gasteiger partial charge is 0.275 e. The van der Waals surface area contributed by atoms with E-state index in [1.165, 1.54) is 0 Å². The second-order valence-electron chi connectivity index (χ2n) is 5.96. The molecule has 0 fully saturated rings. The second-order valence-corrected chi connectivity index (χ2v) is 6.80.